The molecular weight excluding hydrogens is 180 g/mol. The second-order valence-corrected chi connectivity index (χ2v) is 3.01. The lowest BCUT2D eigenvalue weighted by atomic mass is 10.1. The molecule has 0 aromatic heterocycles. The third-order valence-electron chi connectivity index (χ3n) is 1.79. The predicted molar refractivity (Wildman–Crippen MR) is 52.8 cm³/mol. The first kappa shape index (κ1) is 10.7. The molecule has 0 N–H and O–H groups in total. The number of carbonyl (C=O) groups is 1. The maximum atomic E-state index is 11.4. The second kappa shape index (κ2) is 5.40. The highest BCUT2D eigenvalue weighted by atomic mass is 17.2. The van der Waals surface area contributed by atoms with Gasteiger partial charge in [0.2, 0.25) is 0 Å². The average molecular weight is 194 g/mol. The van der Waals surface area contributed by atoms with Gasteiger partial charge in [-0.25, -0.2) is 4.79 Å². The topological polar surface area (TPSA) is 35.5 Å². The molecule has 3 nitrogen and oxygen atoms in total. The van der Waals surface area contributed by atoms with Gasteiger partial charge in [-0.3, -0.25) is 4.89 Å². The minimum atomic E-state index is -0.434. The monoisotopic (exact) mass is 194 g/mol. The lowest BCUT2D eigenvalue weighted by Crippen LogP contribution is -2.08. The summed E-state index contributed by atoms with van der Waals surface area (Å²) in [5, 5.41) is 0. The Morgan fingerprint density at radius 2 is 2.07 bits per heavy atom. The third kappa shape index (κ3) is 2.85. The maximum absolute atomic E-state index is 11.4. The third-order valence-corrected chi connectivity index (χ3v) is 1.79. The zero-order valence-corrected chi connectivity index (χ0v) is 8.45. The Labute approximate surface area is 83.6 Å². The lowest BCUT2D eigenvalue weighted by Gasteiger charge is -2.04. The summed E-state index contributed by atoms with van der Waals surface area (Å²) in [4.78, 5) is 20.7. The van der Waals surface area contributed by atoms with E-state index >= 15 is 0 Å². The second-order valence-electron chi connectivity index (χ2n) is 3.01. The number of hydrogen-bond acceptors (Lipinski definition) is 3. The van der Waals surface area contributed by atoms with Gasteiger partial charge in [0.25, 0.3) is 0 Å². The van der Waals surface area contributed by atoms with E-state index in [4.69, 9.17) is 4.89 Å². The minimum absolute atomic E-state index is 0.428. The number of benzene rings is 1. The molecule has 0 radical (unpaired) electrons. The van der Waals surface area contributed by atoms with Crippen LogP contribution in [0.3, 0.4) is 0 Å². The molecule has 14 heavy (non-hydrogen) atoms. The van der Waals surface area contributed by atoms with Crippen LogP contribution < -0.4 is 0 Å². The molecule has 0 amide bonds. The summed E-state index contributed by atoms with van der Waals surface area (Å²) in [6.07, 6.45) is 0.820. The molecule has 0 saturated carbocycles. The zero-order chi connectivity index (χ0) is 10.4. The van der Waals surface area contributed by atoms with Crippen molar-refractivity contribution in [3.05, 3.63) is 35.4 Å². The van der Waals surface area contributed by atoms with Crippen LogP contribution in [-0.4, -0.2) is 12.6 Å². The van der Waals surface area contributed by atoms with Gasteiger partial charge in [-0.15, -0.1) is 0 Å². The maximum Gasteiger partial charge on any atom is 0.373 e. The van der Waals surface area contributed by atoms with Gasteiger partial charge in [0.1, 0.15) is 0 Å². The van der Waals surface area contributed by atoms with E-state index in [-0.39, 0.29) is 0 Å². The molecule has 0 bridgehead atoms. The normalized spacial score (nSPS) is 9.86. The van der Waals surface area contributed by atoms with Crippen LogP contribution >= 0.6 is 0 Å². The summed E-state index contributed by atoms with van der Waals surface area (Å²) in [5.41, 5.74) is 1.43. The molecule has 1 aromatic rings. The number of hydrogen-bond donors (Lipinski definition) is 0. The van der Waals surface area contributed by atoms with Crippen molar-refractivity contribution in [3.8, 4) is 0 Å². The van der Waals surface area contributed by atoms with Crippen molar-refractivity contribution in [2.75, 3.05) is 6.61 Å². The van der Waals surface area contributed by atoms with Crippen LogP contribution in [0.2, 0.25) is 0 Å². The SMILES string of the molecule is CCCOOC(=O)c1ccccc1C. The van der Waals surface area contributed by atoms with E-state index in [1.807, 2.05) is 26.0 Å². The first-order valence-corrected chi connectivity index (χ1v) is 4.65. The summed E-state index contributed by atoms with van der Waals surface area (Å²) in [6, 6.07) is 7.24. The molecule has 1 rings (SSSR count). The lowest BCUT2D eigenvalue weighted by molar-refractivity contribution is -0.240. The summed E-state index contributed by atoms with van der Waals surface area (Å²) in [5.74, 6) is -0.434. The molecule has 1 aromatic carbocycles. The molecule has 76 valence electrons. The van der Waals surface area contributed by atoms with E-state index < -0.39 is 5.97 Å². The Kier molecular flexibility index (Phi) is 4.13. The number of carbonyl (C=O) groups excluding carboxylic acids is 1. The molecule has 0 saturated heterocycles. The summed E-state index contributed by atoms with van der Waals surface area (Å²) < 4.78 is 0. The van der Waals surface area contributed by atoms with Gasteiger partial charge in [0.05, 0.1) is 12.2 Å². The average Bonchev–Trinajstić information content (AvgIpc) is 2.18. The van der Waals surface area contributed by atoms with Crippen LogP contribution in [0.15, 0.2) is 24.3 Å². The highest BCUT2D eigenvalue weighted by Crippen LogP contribution is 2.08. The van der Waals surface area contributed by atoms with Gasteiger partial charge in [-0.2, -0.15) is 4.89 Å². The van der Waals surface area contributed by atoms with Crippen molar-refractivity contribution >= 4 is 5.97 Å². The van der Waals surface area contributed by atoms with Crippen LogP contribution in [0.25, 0.3) is 0 Å². The van der Waals surface area contributed by atoms with Crippen molar-refractivity contribution < 1.29 is 14.6 Å². The zero-order valence-electron chi connectivity index (χ0n) is 8.45. The molecular formula is C11H14O3. The van der Waals surface area contributed by atoms with Crippen molar-refractivity contribution in [2.45, 2.75) is 20.3 Å². The van der Waals surface area contributed by atoms with Crippen LogP contribution in [-0.2, 0) is 9.78 Å². The smallest absolute Gasteiger partial charge is 0.293 e. The number of aryl methyl sites for hydroxylation is 1. The van der Waals surface area contributed by atoms with Crippen molar-refractivity contribution in [3.63, 3.8) is 0 Å². The quantitative estimate of drug-likeness (QED) is 0.419. The fraction of sp³-hybridized carbons (Fsp3) is 0.364. The summed E-state index contributed by atoms with van der Waals surface area (Å²) >= 11 is 0. The molecule has 0 fully saturated rings. The molecule has 0 atom stereocenters. The first-order valence-electron chi connectivity index (χ1n) is 4.65. The van der Waals surface area contributed by atoms with E-state index in [2.05, 4.69) is 4.89 Å². The van der Waals surface area contributed by atoms with E-state index in [1.165, 1.54) is 0 Å². The Hall–Kier alpha value is -1.35. The Bertz CT molecular complexity index is 307. The van der Waals surface area contributed by atoms with Gasteiger partial charge >= 0.3 is 5.97 Å². The fourth-order valence-electron chi connectivity index (χ4n) is 1.03. The Balaban J connectivity index is 2.56. The number of rotatable bonds is 4. The molecule has 0 heterocycles. The van der Waals surface area contributed by atoms with Crippen LogP contribution in [0, 0.1) is 6.92 Å². The van der Waals surface area contributed by atoms with Crippen molar-refractivity contribution in [2.24, 2.45) is 0 Å². The van der Waals surface area contributed by atoms with E-state index in [0.717, 1.165) is 12.0 Å². The fourth-order valence-corrected chi connectivity index (χ4v) is 1.03. The molecule has 0 aliphatic rings. The van der Waals surface area contributed by atoms with Crippen LogP contribution in [0.1, 0.15) is 29.3 Å². The van der Waals surface area contributed by atoms with Crippen molar-refractivity contribution in [1.29, 1.82) is 0 Å². The van der Waals surface area contributed by atoms with Crippen LogP contribution in [0.4, 0.5) is 0 Å². The van der Waals surface area contributed by atoms with Gasteiger partial charge in [0, 0.05) is 0 Å². The summed E-state index contributed by atoms with van der Waals surface area (Å²) in [6.45, 7) is 4.23. The predicted octanol–water partition coefficient (Wildman–Crippen LogP) is 2.49. The minimum Gasteiger partial charge on any atom is -0.293 e. The van der Waals surface area contributed by atoms with Gasteiger partial charge in [-0.1, -0.05) is 25.1 Å². The van der Waals surface area contributed by atoms with E-state index in [1.54, 1.807) is 12.1 Å². The molecule has 0 aliphatic carbocycles. The van der Waals surface area contributed by atoms with E-state index in [9.17, 15) is 4.79 Å². The van der Waals surface area contributed by atoms with Crippen LogP contribution in [0.5, 0.6) is 0 Å². The highest BCUT2D eigenvalue weighted by molar-refractivity contribution is 5.90. The van der Waals surface area contributed by atoms with Crippen molar-refractivity contribution in [1.82, 2.24) is 0 Å². The Morgan fingerprint density at radius 1 is 1.36 bits per heavy atom. The van der Waals surface area contributed by atoms with E-state index in [0.29, 0.717) is 12.2 Å². The summed E-state index contributed by atoms with van der Waals surface area (Å²) in [7, 11) is 0. The molecule has 0 aliphatic heterocycles. The van der Waals surface area contributed by atoms with Gasteiger partial charge in [0.15, 0.2) is 0 Å². The standard InChI is InChI=1S/C11H14O3/c1-3-8-13-14-11(12)10-7-5-4-6-9(10)2/h4-7H,3,8H2,1-2H3. The van der Waals surface area contributed by atoms with Gasteiger partial charge in [-0.05, 0) is 25.0 Å². The molecule has 0 unspecified atom stereocenters. The first-order chi connectivity index (χ1) is 6.75. The van der Waals surface area contributed by atoms with Gasteiger partial charge < -0.3 is 0 Å². The largest absolute Gasteiger partial charge is 0.373 e. The molecule has 3 heteroatoms. The Morgan fingerprint density at radius 3 is 2.71 bits per heavy atom. The highest BCUT2D eigenvalue weighted by Gasteiger charge is 2.09. The molecule has 0 spiro atoms.